The minimum absolute atomic E-state index is 0.0573. The molecule has 0 radical (unpaired) electrons. The van der Waals surface area contributed by atoms with Crippen molar-refractivity contribution >= 4 is 17.6 Å². The van der Waals surface area contributed by atoms with Crippen molar-refractivity contribution in [1.29, 1.82) is 0 Å². The van der Waals surface area contributed by atoms with E-state index in [4.69, 9.17) is 10.2 Å². The number of nitrogens with zero attached hydrogens (tertiary/aromatic N) is 2. The summed E-state index contributed by atoms with van der Waals surface area (Å²) in [5.74, 6) is -2.29. The summed E-state index contributed by atoms with van der Waals surface area (Å²) >= 11 is 0. The van der Waals surface area contributed by atoms with Gasteiger partial charge in [-0.2, -0.15) is 0 Å². The summed E-state index contributed by atoms with van der Waals surface area (Å²) < 4.78 is 0. The molecule has 0 saturated heterocycles. The van der Waals surface area contributed by atoms with Crippen molar-refractivity contribution in [2.75, 3.05) is 19.6 Å². The molecule has 0 aliphatic carbocycles. The van der Waals surface area contributed by atoms with Crippen LogP contribution in [0.5, 0.6) is 0 Å². The number of aliphatic carboxylic acids is 2. The molecule has 0 aliphatic rings. The summed E-state index contributed by atoms with van der Waals surface area (Å²) in [7, 11) is 0. The maximum absolute atomic E-state index is 10.8. The Morgan fingerprint density at radius 2 is 1.70 bits per heavy atom. The Bertz CT molecular complexity index is 500. The fourth-order valence-corrected chi connectivity index (χ4v) is 1.78. The lowest BCUT2D eigenvalue weighted by Gasteiger charge is -2.17. The van der Waals surface area contributed by atoms with E-state index in [1.165, 1.54) is 17.0 Å². The summed E-state index contributed by atoms with van der Waals surface area (Å²) in [4.78, 5) is 32.8. The van der Waals surface area contributed by atoms with Gasteiger partial charge in [-0.1, -0.05) is 18.2 Å². The second kappa shape index (κ2) is 7.19. The molecule has 0 aromatic heterocycles. The van der Waals surface area contributed by atoms with Crippen LogP contribution in [0.15, 0.2) is 24.3 Å². The molecule has 0 fully saturated rings. The zero-order valence-electron chi connectivity index (χ0n) is 10.6. The zero-order chi connectivity index (χ0) is 15.1. The Morgan fingerprint density at radius 1 is 1.15 bits per heavy atom. The maximum Gasteiger partial charge on any atom is 0.317 e. The smallest absolute Gasteiger partial charge is 0.317 e. The normalized spacial score (nSPS) is 10.4. The first kappa shape index (κ1) is 15.6. The van der Waals surface area contributed by atoms with Crippen molar-refractivity contribution in [2.45, 2.75) is 6.42 Å². The van der Waals surface area contributed by atoms with Crippen LogP contribution in [0.4, 0.5) is 5.69 Å². The highest BCUT2D eigenvalue weighted by Gasteiger charge is 2.16. The molecule has 1 aromatic rings. The molecule has 2 N–H and O–H groups in total. The molecular weight excluding hydrogens is 268 g/mol. The molecule has 20 heavy (non-hydrogen) atoms. The molecule has 0 atom stereocenters. The van der Waals surface area contributed by atoms with Crippen molar-refractivity contribution in [3.05, 3.63) is 39.9 Å². The van der Waals surface area contributed by atoms with Gasteiger partial charge in [0.25, 0.3) is 5.69 Å². The summed E-state index contributed by atoms with van der Waals surface area (Å²) in [5.41, 5.74) is 0.386. The van der Waals surface area contributed by atoms with E-state index in [9.17, 15) is 19.7 Å². The average Bonchev–Trinajstić information content (AvgIpc) is 2.34. The molecule has 0 unspecified atom stereocenters. The van der Waals surface area contributed by atoms with Crippen molar-refractivity contribution in [2.24, 2.45) is 0 Å². The predicted octanol–water partition coefficient (Wildman–Crippen LogP) is 0.608. The van der Waals surface area contributed by atoms with E-state index in [1.807, 2.05) is 0 Å². The van der Waals surface area contributed by atoms with Crippen LogP contribution < -0.4 is 0 Å². The Hall–Kier alpha value is -2.48. The van der Waals surface area contributed by atoms with Gasteiger partial charge in [-0.05, 0) is 6.42 Å². The third-order valence-corrected chi connectivity index (χ3v) is 2.60. The van der Waals surface area contributed by atoms with E-state index < -0.39 is 30.0 Å². The highest BCUT2D eigenvalue weighted by atomic mass is 16.6. The SMILES string of the molecule is O=C(O)CN(CCc1ccccc1[N+](=O)[O-])CC(=O)O. The van der Waals surface area contributed by atoms with Gasteiger partial charge < -0.3 is 10.2 Å². The molecule has 1 rings (SSSR count). The number of carboxylic acids is 2. The lowest BCUT2D eigenvalue weighted by molar-refractivity contribution is -0.385. The highest BCUT2D eigenvalue weighted by molar-refractivity contribution is 5.72. The minimum Gasteiger partial charge on any atom is -0.480 e. The van der Waals surface area contributed by atoms with Gasteiger partial charge in [0.15, 0.2) is 0 Å². The largest absolute Gasteiger partial charge is 0.480 e. The van der Waals surface area contributed by atoms with Gasteiger partial charge in [0.2, 0.25) is 0 Å². The third kappa shape index (κ3) is 5.02. The number of carbonyl (C=O) groups is 2. The lowest BCUT2D eigenvalue weighted by atomic mass is 10.1. The molecule has 0 bridgehead atoms. The van der Waals surface area contributed by atoms with Gasteiger partial charge in [-0.25, -0.2) is 0 Å². The summed E-state index contributed by atoms with van der Waals surface area (Å²) in [6.07, 6.45) is 0.206. The zero-order valence-corrected chi connectivity index (χ0v) is 10.6. The molecule has 1 aromatic carbocycles. The Kier molecular flexibility index (Phi) is 5.60. The Balaban J connectivity index is 2.74. The van der Waals surface area contributed by atoms with Gasteiger partial charge in [-0.15, -0.1) is 0 Å². The number of rotatable bonds is 8. The lowest BCUT2D eigenvalue weighted by Crippen LogP contribution is -2.36. The predicted molar refractivity (Wildman–Crippen MR) is 68.5 cm³/mol. The maximum atomic E-state index is 10.8. The fraction of sp³-hybridized carbons (Fsp3) is 0.333. The van der Waals surface area contributed by atoms with Gasteiger partial charge in [-0.3, -0.25) is 24.6 Å². The summed E-state index contributed by atoms with van der Waals surface area (Å²) in [6, 6.07) is 6.10. The van der Waals surface area contributed by atoms with E-state index in [2.05, 4.69) is 0 Å². The first-order valence-corrected chi connectivity index (χ1v) is 5.78. The minimum atomic E-state index is -1.14. The molecule has 8 heteroatoms. The first-order chi connectivity index (χ1) is 9.40. The van der Waals surface area contributed by atoms with Crippen LogP contribution in [-0.2, 0) is 16.0 Å². The number of para-hydroxylation sites is 1. The molecule has 0 saturated carbocycles. The van der Waals surface area contributed by atoms with Crippen LogP contribution >= 0.6 is 0 Å². The average molecular weight is 282 g/mol. The second-order valence-electron chi connectivity index (χ2n) is 4.13. The fourth-order valence-electron chi connectivity index (χ4n) is 1.78. The molecule has 108 valence electrons. The molecule has 0 spiro atoms. The Morgan fingerprint density at radius 3 is 2.20 bits per heavy atom. The van der Waals surface area contributed by atoms with Crippen LogP contribution in [0.3, 0.4) is 0 Å². The van der Waals surface area contributed by atoms with E-state index in [1.54, 1.807) is 12.1 Å². The molecule has 0 heterocycles. The van der Waals surface area contributed by atoms with E-state index in [-0.39, 0.29) is 18.7 Å². The number of benzene rings is 1. The number of hydrogen-bond donors (Lipinski definition) is 2. The Labute approximate surface area is 114 Å². The van der Waals surface area contributed by atoms with Crippen molar-refractivity contribution in [1.82, 2.24) is 4.90 Å². The van der Waals surface area contributed by atoms with Crippen molar-refractivity contribution < 1.29 is 24.7 Å². The van der Waals surface area contributed by atoms with Crippen LogP contribution in [0.2, 0.25) is 0 Å². The molecular formula is C12H14N2O6. The van der Waals surface area contributed by atoms with E-state index >= 15 is 0 Å². The van der Waals surface area contributed by atoms with Crippen LogP contribution in [0.1, 0.15) is 5.56 Å². The van der Waals surface area contributed by atoms with Gasteiger partial charge >= 0.3 is 11.9 Å². The van der Waals surface area contributed by atoms with Gasteiger partial charge in [0.05, 0.1) is 18.0 Å². The van der Waals surface area contributed by atoms with E-state index in [0.29, 0.717) is 5.56 Å². The summed E-state index contributed by atoms with van der Waals surface area (Å²) in [6.45, 7) is -0.733. The van der Waals surface area contributed by atoms with Crippen LogP contribution in [0.25, 0.3) is 0 Å². The number of hydrogen-bond acceptors (Lipinski definition) is 5. The quantitative estimate of drug-likeness (QED) is 0.529. The molecule has 8 nitrogen and oxygen atoms in total. The third-order valence-electron chi connectivity index (χ3n) is 2.60. The van der Waals surface area contributed by atoms with Crippen molar-refractivity contribution in [3.63, 3.8) is 0 Å². The van der Waals surface area contributed by atoms with Crippen LogP contribution in [0, 0.1) is 10.1 Å². The number of nitro benzene ring substituents is 1. The summed E-state index contributed by atoms with van der Waals surface area (Å²) in [5, 5.41) is 28.2. The van der Waals surface area contributed by atoms with Crippen LogP contribution in [-0.4, -0.2) is 51.6 Å². The highest BCUT2D eigenvalue weighted by Crippen LogP contribution is 2.18. The van der Waals surface area contributed by atoms with Gasteiger partial charge in [0.1, 0.15) is 0 Å². The van der Waals surface area contributed by atoms with Crippen molar-refractivity contribution in [3.8, 4) is 0 Å². The topological polar surface area (TPSA) is 121 Å². The second-order valence-corrected chi connectivity index (χ2v) is 4.13. The van der Waals surface area contributed by atoms with E-state index in [0.717, 1.165) is 0 Å². The molecule has 0 aliphatic heterocycles. The standard InChI is InChI=1S/C12H14N2O6/c15-11(16)7-13(8-12(17)18)6-5-9-3-1-2-4-10(9)14(19)20/h1-4H,5-8H2,(H,15,16)(H,17,18). The number of carboxylic acid groups (broad SMARTS) is 2. The number of nitro groups is 1. The van der Waals surface area contributed by atoms with Gasteiger partial charge in [0, 0.05) is 18.2 Å². The molecule has 0 amide bonds. The monoisotopic (exact) mass is 282 g/mol. The first-order valence-electron chi connectivity index (χ1n) is 5.78.